The van der Waals surface area contributed by atoms with Crippen LogP contribution in [0.3, 0.4) is 0 Å². The molecule has 1 aliphatic rings. The van der Waals surface area contributed by atoms with E-state index in [-0.39, 0.29) is 11.9 Å². The van der Waals surface area contributed by atoms with Crippen molar-refractivity contribution in [2.24, 2.45) is 0 Å². The summed E-state index contributed by atoms with van der Waals surface area (Å²) in [6, 6.07) is 10.7. The fourth-order valence-corrected chi connectivity index (χ4v) is 3.49. The van der Waals surface area contributed by atoms with Crippen LogP contribution in [0.5, 0.6) is 5.75 Å². The van der Waals surface area contributed by atoms with Gasteiger partial charge in [0.25, 0.3) is 5.91 Å². The standard InChI is InChI=1S/C21H22N4O3/c1-27-17-10-8-15(9-11-17)21(26)25-13-4-2-3-7-18(25)20-23-19(24-28-20)16-6-5-12-22-14-16/h5-6,8-12,14,18H,2-4,7,13H2,1H3. The maximum atomic E-state index is 13.2. The monoisotopic (exact) mass is 378 g/mol. The van der Waals surface area contributed by atoms with Crippen molar-refractivity contribution in [1.82, 2.24) is 20.0 Å². The Labute approximate surface area is 163 Å². The normalized spacial score (nSPS) is 17.2. The summed E-state index contributed by atoms with van der Waals surface area (Å²) in [6.07, 6.45) is 7.25. The molecule has 0 spiro atoms. The quantitative estimate of drug-likeness (QED) is 0.685. The number of benzene rings is 1. The Hall–Kier alpha value is -3.22. The minimum Gasteiger partial charge on any atom is -0.497 e. The number of aromatic nitrogens is 3. The topological polar surface area (TPSA) is 81.4 Å². The summed E-state index contributed by atoms with van der Waals surface area (Å²) in [5.74, 6) is 1.66. The number of ether oxygens (including phenoxy) is 1. The number of carbonyl (C=O) groups excluding carboxylic acids is 1. The van der Waals surface area contributed by atoms with E-state index in [0.29, 0.717) is 23.8 Å². The lowest BCUT2D eigenvalue weighted by Gasteiger charge is -2.27. The lowest BCUT2D eigenvalue weighted by Crippen LogP contribution is -2.35. The Bertz CT molecular complexity index is 924. The second kappa shape index (κ2) is 8.21. The Kier molecular flexibility index (Phi) is 5.32. The molecule has 0 radical (unpaired) electrons. The molecule has 2 aromatic heterocycles. The molecule has 144 valence electrons. The van der Waals surface area contributed by atoms with Gasteiger partial charge in [0.05, 0.1) is 7.11 Å². The molecule has 0 N–H and O–H groups in total. The third-order valence-corrected chi connectivity index (χ3v) is 5.00. The first kappa shape index (κ1) is 18.2. The van der Waals surface area contributed by atoms with Crippen LogP contribution in [0.1, 0.15) is 48.0 Å². The second-order valence-corrected chi connectivity index (χ2v) is 6.79. The predicted molar refractivity (Wildman–Crippen MR) is 103 cm³/mol. The average Bonchev–Trinajstić information content (AvgIpc) is 3.12. The van der Waals surface area contributed by atoms with Crippen molar-refractivity contribution < 1.29 is 14.1 Å². The molecule has 4 rings (SSSR count). The third kappa shape index (κ3) is 3.74. The Morgan fingerprint density at radius 2 is 2.04 bits per heavy atom. The van der Waals surface area contributed by atoms with Crippen molar-refractivity contribution in [1.29, 1.82) is 0 Å². The lowest BCUT2D eigenvalue weighted by molar-refractivity contribution is 0.0644. The highest BCUT2D eigenvalue weighted by molar-refractivity contribution is 5.94. The van der Waals surface area contributed by atoms with E-state index in [4.69, 9.17) is 9.26 Å². The molecular weight excluding hydrogens is 356 g/mol. The van der Waals surface area contributed by atoms with Crippen molar-refractivity contribution in [2.75, 3.05) is 13.7 Å². The molecule has 0 aliphatic carbocycles. The van der Waals surface area contributed by atoms with Crippen LogP contribution in [-0.4, -0.2) is 39.6 Å². The van der Waals surface area contributed by atoms with E-state index in [0.717, 1.165) is 37.0 Å². The molecule has 1 amide bonds. The number of hydrogen-bond acceptors (Lipinski definition) is 6. The number of rotatable bonds is 4. The molecule has 28 heavy (non-hydrogen) atoms. The molecule has 7 nitrogen and oxygen atoms in total. The van der Waals surface area contributed by atoms with Gasteiger partial charge in [-0.1, -0.05) is 18.0 Å². The zero-order chi connectivity index (χ0) is 19.3. The molecule has 1 aromatic carbocycles. The summed E-state index contributed by atoms with van der Waals surface area (Å²) < 4.78 is 10.8. The van der Waals surface area contributed by atoms with Gasteiger partial charge in [-0.3, -0.25) is 9.78 Å². The lowest BCUT2D eigenvalue weighted by atomic mass is 10.1. The van der Waals surface area contributed by atoms with Crippen LogP contribution in [0.4, 0.5) is 0 Å². The van der Waals surface area contributed by atoms with Crippen LogP contribution in [0.25, 0.3) is 11.4 Å². The SMILES string of the molecule is COc1ccc(C(=O)N2CCCCCC2c2nc(-c3cccnc3)no2)cc1. The fraction of sp³-hybridized carbons (Fsp3) is 0.333. The zero-order valence-electron chi connectivity index (χ0n) is 15.7. The van der Waals surface area contributed by atoms with Crippen molar-refractivity contribution in [2.45, 2.75) is 31.7 Å². The molecular formula is C21H22N4O3. The third-order valence-electron chi connectivity index (χ3n) is 5.00. The molecule has 0 bridgehead atoms. The van der Waals surface area contributed by atoms with Gasteiger partial charge < -0.3 is 14.2 Å². The molecule has 1 fully saturated rings. The first-order valence-corrected chi connectivity index (χ1v) is 9.45. The van der Waals surface area contributed by atoms with E-state index in [9.17, 15) is 4.79 Å². The van der Waals surface area contributed by atoms with Crippen molar-refractivity contribution in [3.63, 3.8) is 0 Å². The second-order valence-electron chi connectivity index (χ2n) is 6.79. The number of carbonyl (C=O) groups is 1. The Morgan fingerprint density at radius 3 is 2.79 bits per heavy atom. The van der Waals surface area contributed by atoms with E-state index in [1.54, 1.807) is 43.8 Å². The van der Waals surface area contributed by atoms with Gasteiger partial charge in [-0.15, -0.1) is 0 Å². The summed E-state index contributed by atoms with van der Waals surface area (Å²) >= 11 is 0. The van der Waals surface area contributed by atoms with Crippen molar-refractivity contribution in [3.05, 3.63) is 60.2 Å². The Balaban J connectivity index is 1.61. The predicted octanol–water partition coefficient (Wildman–Crippen LogP) is 3.90. The zero-order valence-corrected chi connectivity index (χ0v) is 15.7. The number of hydrogen-bond donors (Lipinski definition) is 0. The molecule has 1 aliphatic heterocycles. The van der Waals surface area contributed by atoms with E-state index in [2.05, 4.69) is 15.1 Å². The summed E-state index contributed by atoms with van der Waals surface area (Å²) in [6.45, 7) is 0.667. The van der Waals surface area contributed by atoms with E-state index in [1.807, 2.05) is 17.0 Å². The summed E-state index contributed by atoms with van der Waals surface area (Å²) in [4.78, 5) is 23.7. The largest absolute Gasteiger partial charge is 0.497 e. The number of amides is 1. The van der Waals surface area contributed by atoms with Gasteiger partial charge in [0.1, 0.15) is 11.8 Å². The molecule has 7 heteroatoms. The fourth-order valence-electron chi connectivity index (χ4n) is 3.49. The van der Waals surface area contributed by atoms with E-state index < -0.39 is 0 Å². The molecule has 1 unspecified atom stereocenters. The van der Waals surface area contributed by atoms with Gasteiger partial charge in [0, 0.05) is 30.1 Å². The number of likely N-dealkylation sites (tertiary alicyclic amines) is 1. The average molecular weight is 378 g/mol. The highest BCUT2D eigenvalue weighted by atomic mass is 16.5. The number of nitrogens with zero attached hydrogens (tertiary/aromatic N) is 4. The smallest absolute Gasteiger partial charge is 0.254 e. The number of methoxy groups -OCH3 is 1. The van der Waals surface area contributed by atoms with Crippen molar-refractivity contribution >= 4 is 5.91 Å². The molecule has 3 aromatic rings. The minimum atomic E-state index is -0.227. The van der Waals surface area contributed by atoms with Gasteiger partial charge >= 0.3 is 0 Å². The summed E-state index contributed by atoms with van der Waals surface area (Å²) in [5, 5.41) is 4.10. The summed E-state index contributed by atoms with van der Waals surface area (Å²) in [5.41, 5.74) is 1.42. The first-order valence-electron chi connectivity index (χ1n) is 9.45. The van der Waals surface area contributed by atoms with E-state index >= 15 is 0 Å². The molecule has 1 saturated heterocycles. The maximum Gasteiger partial charge on any atom is 0.254 e. The minimum absolute atomic E-state index is 0.0318. The Morgan fingerprint density at radius 1 is 1.18 bits per heavy atom. The van der Waals surface area contributed by atoms with E-state index in [1.165, 1.54) is 0 Å². The molecule has 0 saturated carbocycles. The van der Waals surface area contributed by atoms with Gasteiger partial charge in [0.2, 0.25) is 11.7 Å². The molecule has 1 atom stereocenters. The van der Waals surface area contributed by atoms with Crippen molar-refractivity contribution in [3.8, 4) is 17.1 Å². The van der Waals surface area contributed by atoms with Crippen LogP contribution in [0.15, 0.2) is 53.3 Å². The van der Waals surface area contributed by atoms with Gasteiger partial charge in [0.15, 0.2) is 0 Å². The highest BCUT2D eigenvalue weighted by Gasteiger charge is 2.31. The first-order chi connectivity index (χ1) is 13.8. The highest BCUT2D eigenvalue weighted by Crippen LogP contribution is 2.31. The maximum absolute atomic E-state index is 13.2. The van der Waals surface area contributed by atoms with Gasteiger partial charge in [-0.2, -0.15) is 4.98 Å². The van der Waals surface area contributed by atoms with Crippen LogP contribution >= 0.6 is 0 Å². The van der Waals surface area contributed by atoms with Crippen LogP contribution in [-0.2, 0) is 0 Å². The number of pyridine rings is 1. The van der Waals surface area contributed by atoms with Crippen LogP contribution in [0, 0.1) is 0 Å². The van der Waals surface area contributed by atoms with Crippen LogP contribution in [0.2, 0.25) is 0 Å². The molecule has 3 heterocycles. The summed E-state index contributed by atoms with van der Waals surface area (Å²) in [7, 11) is 1.61. The van der Waals surface area contributed by atoms with Crippen LogP contribution < -0.4 is 4.74 Å². The van der Waals surface area contributed by atoms with Gasteiger partial charge in [-0.05, 0) is 49.2 Å². The van der Waals surface area contributed by atoms with Gasteiger partial charge in [-0.25, -0.2) is 0 Å².